The summed E-state index contributed by atoms with van der Waals surface area (Å²) >= 11 is 5.54. The Hall–Kier alpha value is -0.540. The minimum Gasteiger partial charge on any atom is -0.437 e. The molecule has 63 valence electrons. The number of carbonyl (C=O) groups is 1. The second-order valence-corrected chi connectivity index (χ2v) is 2.88. The summed E-state index contributed by atoms with van der Waals surface area (Å²) in [4.78, 5) is 10.6. The van der Waals surface area contributed by atoms with E-state index in [1.807, 2.05) is 0 Å². The number of rotatable bonds is 3. The summed E-state index contributed by atoms with van der Waals surface area (Å²) < 4.78 is 4.54. The Bertz CT molecular complexity index is 163. The number of aliphatic hydroxyl groups excluding tert-OH is 1. The normalized spacial score (nSPS) is 18.2. The van der Waals surface area contributed by atoms with Gasteiger partial charge in [-0.25, -0.2) is 4.79 Å². The molecule has 11 heavy (non-hydrogen) atoms. The van der Waals surface area contributed by atoms with E-state index in [9.17, 15) is 4.79 Å². The molecular weight excluding hydrogens is 168 g/mol. The molecular formula is C7H10ClO3. The van der Waals surface area contributed by atoms with Crippen molar-refractivity contribution < 1.29 is 14.6 Å². The van der Waals surface area contributed by atoms with Crippen LogP contribution < -0.4 is 0 Å². The Balaban J connectivity index is 4.11. The highest BCUT2D eigenvalue weighted by Crippen LogP contribution is 2.20. The van der Waals surface area contributed by atoms with Gasteiger partial charge in [0, 0.05) is 6.08 Å². The summed E-state index contributed by atoms with van der Waals surface area (Å²) in [5, 5.41) is 7.39. The topological polar surface area (TPSA) is 46.5 Å². The predicted molar refractivity (Wildman–Crippen MR) is 41.9 cm³/mol. The largest absolute Gasteiger partial charge is 0.437 e. The van der Waals surface area contributed by atoms with Gasteiger partial charge in [0.15, 0.2) is 0 Å². The summed E-state index contributed by atoms with van der Waals surface area (Å²) in [5.41, 5.74) is 0. The second-order valence-electron chi connectivity index (χ2n) is 2.13. The van der Waals surface area contributed by atoms with Gasteiger partial charge in [-0.05, 0) is 13.8 Å². The van der Waals surface area contributed by atoms with Gasteiger partial charge in [-0.15, -0.1) is 0 Å². The van der Waals surface area contributed by atoms with Gasteiger partial charge in [-0.3, -0.25) is 0 Å². The summed E-state index contributed by atoms with van der Waals surface area (Å²) in [6.45, 7) is 7.72. The van der Waals surface area contributed by atoms with E-state index in [4.69, 9.17) is 16.7 Å². The maximum Gasteiger partial charge on any atom is 0.331 e. The van der Waals surface area contributed by atoms with Gasteiger partial charge in [-0.2, -0.15) is 0 Å². The van der Waals surface area contributed by atoms with Crippen molar-refractivity contribution in [2.45, 2.75) is 18.1 Å². The van der Waals surface area contributed by atoms with Crippen LogP contribution in [0.5, 0.6) is 0 Å². The minimum absolute atomic E-state index is 0.690. The highest BCUT2D eigenvalue weighted by atomic mass is 35.5. The summed E-state index contributed by atoms with van der Waals surface area (Å²) in [6, 6.07) is 0. The van der Waals surface area contributed by atoms with E-state index < -0.39 is 17.1 Å². The maximum absolute atomic E-state index is 10.6. The highest BCUT2D eigenvalue weighted by molar-refractivity contribution is 6.23. The van der Waals surface area contributed by atoms with Gasteiger partial charge in [0.1, 0.15) is 6.10 Å². The van der Waals surface area contributed by atoms with Crippen LogP contribution >= 0.6 is 11.6 Å². The zero-order valence-corrected chi connectivity index (χ0v) is 6.97. The number of hydrogen-bond donors (Lipinski definition) is 1. The van der Waals surface area contributed by atoms with Crippen LogP contribution in [0.4, 0.5) is 0 Å². The molecule has 0 fully saturated rings. The fourth-order valence-corrected chi connectivity index (χ4v) is 0.382. The fraction of sp³-hybridized carbons (Fsp3) is 0.429. The standard InChI is InChI=1S/C7H10ClO3/c1-4-6(10)11-7(3,8)5(2)9/h4-5,9H,1-2H2,3H3. The Morgan fingerprint density at radius 1 is 1.91 bits per heavy atom. The van der Waals surface area contributed by atoms with Crippen LogP contribution in [0.3, 0.4) is 0 Å². The van der Waals surface area contributed by atoms with Crippen LogP contribution in [0.1, 0.15) is 6.92 Å². The van der Waals surface area contributed by atoms with Crippen molar-refractivity contribution in [3.63, 3.8) is 0 Å². The average molecular weight is 178 g/mol. The SMILES string of the molecule is [CH2]C(O)C(C)(Cl)OC(=O)C=C. The van der Waals surface area contributed by atoms with Gasteiger partial charge >= 0.3 is 5.97 Å². The number of hydrogen-bond acceptors (Lipinski definition) is 3. The van der Waals surface area contributed by atoms with Gasteiger partial charge in [0.05, 0.1) is 0 Å². The lowest BCUT2D eigenvalue weighted by Crippen LogP contribution is -2.36. The zero-order chi connectivity index (χ0) is 9.07. The average Bonchev–Trinajstić information content (AvgIpc) is 1.86. The third-order valence-corrected chi connectivity index (χ3v) is 1.39. The molecule has 1 radical (unpaired) electrons. The summed E-state index contributed by atoms with van der Waals surface area (Å²) in [7, 11) is 0. The first kappa shape index (κ1) is 10.5. The number of halogens is 1. The van der Waals surface area contributed by atoms with Crippen molar-refractivity contribution in [1.82, 2.24) is 0 Å². The number of carbonyl (C=O) groups excluding carboxylic acids is 1. The van der Waals surface area contributed by atoms with Crippen molar-refractivity contribution in [1.29, 1.82) is 0 Å². The molecule has 0 aromatic carbocycles. The Morgan fingerprint density at radius 3 is 2.64 bits per heavy atom. The summed E-state index contributed by atoms with van der Waals surface area (Å²) in [6.07, 6.45) is -0.212. The van der Waals surface area contributed by atoms with Crippen molar-refractivity contribution in [3.8, 4) is 0 Å². The Kier molecular flexibility index (Phi) is 3.55. The second kappa shape index (κ2) is 3.74. The van der Waals surface area contributed by atoms with Gasteiger partial charge in [0.2, 0.25) is 5.06 Å². The number of ether oxygens (including phenoxy) is 1. The number of alkyl halides is 1. The molecule has 0 aliphatic heterocycles. The molecule has 0 spiro atoms. The van der Waals surface area contributed by atoms with Gasteiger partial charge < -0.3 is 9.84 Å². The molecule has 4 heteroatoms. The van der Waals surface area contributed by atoms with Crippen LogP contribution in [0.25, 0.3) is 0 Å². The first-order valence-electron chi connectivity index (χ1n) is 2.95. The molecule has 2 unspecified atom stereocenters. The predicted octanol–water partition coefficient (Wildman–Crippen LogP) is 0.866. The van der Waals surface area contributed by atoms with Crippen LogP contribution in [0.15, 0.2) is 12.7 Å². The minimum atomic E-state index is -1.48. The fourth-order valence-electron chi connectivity index (χ4n) is 0.306. The Morgan fingerprint density at radius 2 is 2.36 bits per heavy atom. The van der Waals surface area contributed by atoms with Gasteiger partial charge in [0.25, 0.3) is 0 Å². The lowest BCUT2D eigenvalue weighted by molar-refractivity contribution is -0.150. The molecule has 0 saturated carbocycles. The highest BCUT2D eigenvalue weighted by Gasteiger charge is 2.30. The number of aliphatic hydroxyl groups is 1. The zero-order valence-electron chi connectivity index (χ0n) is 6.21. The smallest absolute Gasteiger partial charge is 0.331 e. The van der Waals surface area contributed by atoms with Crippen molar-refractivity contribution in [2.75, 3.05) is 0 Å². The molecule has 3 nitrogen and oxygen atoms in total. The van der Waals surface area contributed by atoms with Crippen LogP contribution in [0.2, 0.25) is 0 Å². The van der Waals surface area contributed by atoms with E-state index in [2.05, 4.69) is 18.2 Å². The van der Waals surface area contributed by atoms with E-state index >= 15 is 0 Å². The molecule has 2 atom stereocenters. The van der Waals surface area contributed by atoms with E-state index in [1.54, 1.807) is 0 Å². The first-order valence-corrected chi connectivity index (χ1v) is 3.33. The third-order valence-electron chi connectivity index (χ3n) is 1.06. The van der Waals surface area contributed by atoms with Crippen molar-refractivity contribution in [3.05, 3.63) is 19.6 Å². The molecule has 0 rings (SSSR count). The molecule has 0 saturated heterocycles. The molecule has 0 aromatic heterocycles. The van der Waals surface area contributed by atoms with Crippen LogP contribution in [-0.2, 0) is 9.53 Å². The van der Waals surface area contributed by atoms with Crippen molar-refractivity contribution in [2.24, 2.45) is 0 Å². The third kappa shape index (κ3) is 3.39. The van der Waals surface area contributed by atoms with E-state index in [1.165, 1.54) is 6.92 Å². The van der Waals surface area contributed by atoms with Crippen LogP contribution in [0, 0.1) is 6.92 Å². The lowest BCUT2D eigenvalue weighted by atomic mass is 10.2. The molecule has 0 aliphatic carbocycles. The quantitative estimate of drug-likeness (QED) is 0.395. The molecule has 0 heterocycles. The first-order chi connectivity index (χ1) is 4.90. The molecule has 0 amide bonds. The van der Waals surface area contributed by atoms with Crippen molar-refractivity contribution >= 4 is 17.6 Å². The number of esters is 1. The van der Waals surface area contributed by atoms with E-state index in [0.29, 0.717) is 0 Å². The van der Waals surface area contributed by atoms with E-state index in [-0.39, 0.29) is 0 Å². The Labute approximate surface area is 70.6 Å². The monoisotopic (exact) mass is 177 g/mol. The van der Waals surface area contributed by atoms with E-state index in [0.717, 1.165) is 6.08 Å². The molecule has 0 aromatic rings. The van der Waals surface area contributed by atoms with Crippen LogP contribution in [-0.4, -0.2) is 22.2 Å². The molecule has 0 aliphatic rings. The lowest BCUT2D eigenvalue weighted by Gasteiger charge is -2.24. The molecule has 1 N–H and O–H groups in total. The van der Waals surface area contributed by atoms with Gasteiger partial charge in [-0.1, -0.05) is 18.2 Å². The maximum atomic E-state index is 10.6. The molecule has 0 bridgehead atoms. The summed E-state index contributed by atoms with van der Waals surface area (Å²) in [5.74, 6) is -0.690.